The van der Waals surface area contributed by atoms with Gasteiger partial charge in [-0.1, -0.05) is 24.3 Å². The number of fused-ring (bicyclic) bond motifs is 3. The van der Waals surface area contributed by atoms with Crippen molar-refractivity contribution in [3.63, 3.8) is 0 Å². The molecule has 3 aromatic rings. The predicted octanol–water partition coefficient (Wildman–Crippen LogP) is 4.87. The Hall–Kier alpha value is -3.04. The molecule has 5 rings (SSSR count). The van der Waals surface area contributed by atoms with E-state index in [1.165, 1.54) is 10.9 Å². The molecule has 0 bridgehead atoms. The Morgan fingerprint density at radius 3 is 2.68 bits per heavy atom. The average Bonchev–Trinajstić information content (AvgIpc) is 3.41. The van der Waals surface area contributed by atoms with Crippen molar-refractivity contribution in [2.75, 3.05) is 44.2 Å². The van der Waals surface area contributed by atoms with E-state index in [9.17, 15) is 18.0 Å². The number of hydrogen-bond donors (Lipinski definition) is 1. The molecule has 0 aliphatic carbocycles. The van der Waals surface area contributed by atoms with E-state index in [1.807, 2.05) is 47.8 Å². The van der Waals surface area contributed by atoms with Crippen molar-refractivity contribution in [1.82, 2.24) is 10.2 Å². The summed E-state index contributed by atoms with van der Waals surface area (Å²) in [5.41, 5.74) is 0.726. The second kappa shape index (κ2) is 11.1. The minimum absolute atomic E-state index is 0.1000. The first-order chi connectivity index (χ1) is 17.9. The molecule has 1 aromatic heterocycles. The second-order valence-electron chi connectivity index (χ2n) is 9.50. The van der Waals surface area contributed by atoms with Gasteiger partial charge in [0.2, 0.25) is 5.91 Å². The fraction of sp³-hybridized carbons (Fsp3) is 0.393. The van der Waals surface area contributed by atoms with Gasteiger partial charge in [0.25, 0.3) is 0 Å². The number of alkyl halides is 3. The Kier molecular flexibility index (Phi) is 7.71. The van der Waals surface area contributed by atoms with E-state index in [4.69, 9.17) is 4.74 Å². The lowest BCUT2D eigenvalue weighted by atomic mass is 9.82. The van der Waals surface area contributed by atoms with Gasteiger partial charge in [0.15, 0.2) is 0 Å². The third-order valence-corrected chi connectivity index (χ3v) is 8.07. The molecule has 2 aromatic carbocycles. The van der Waals surface area contributed by atoms with Crippen LogP contribution in [0.3, 0.4) is 0 Å². The molecule has 0 saturated carbocycles. The van der Waals surface area contributed by atoms with Crippen molar-refractivity contribution in [3.8, 4) is 5.75 Å². The van der Waals surface area contributed by atoms with Gasteiger partial charge in [0, 0.05) is 43.3 Å². The van der Waals surface area contributed by atoms with Crippen LogP contribution in [-0.4, -0.2) is 56.2 Å². The van der Waals surface area contributed by atoms with Crippen LogP contribution in [0, 0.1) is 5.92 Å². The number of benzene rings is 2. The van der Waals surface area contributed by atoms with E-state index in [0.717, 1.165) is 30.5 Å². The minimum atomic E-state index is -4.41. The molecule has 1 fully saturated rings. The quantitative estimate of drug-likeness (QED) is 0.453. The van der Waals surface area contributed by atoms with Crippen LogP contribution in [0.15, 0.2) is 66.0 Å². The normalized spacial score (nSPS) is 19.7. The van der Waals surface area contributed by atoms with Crippen LogP contribution in [0.4, 0.5) is 18.9 Å². The number of carbonyl (C=O) groups excluding carboxylic acids is 1. The lowest BCUT2D eigenvalue weighted by Gasteiger charge is -2.49. The molecule has 1 N–H and O–H groups in total. The zero-order valence-corrected chi connectivity index (χ0v) is 21.2. The summed E-state index contributed by atoms with van der Waals surface area (Å²) in [6.07, 6.45) is -3.39. The van der Waals surface area contributed by atoms with Crippen LogP contribution in [0.25, 0.3) is 0 Å². The topological polar surface area (TPSA) is 44.8 Å². The lowest BCUT2D eigenvalue weighted by Crippen LogP contribution is -2.61. The Morgan fingerprint density at radius 1 is 1.08 bits per heavy atom. The second-order valence-corrected chi connectivity index (χ2v) is 10.5. The number of hydrogen-bond acceptors (Lipinski definition) is 5. The highest BCUT2D eigenvalue weighted by atomic mass is 32.1. The monoisotopic (exact) mass is 529 g/mol. The van der Waals surface area contributed by atoms with Gasteiger partial charge >= 0.3 is 6.18 Å². The smallest absolute Gasteiger partial charge is 0.416 e. The molecule has 5 nitrogen and oxygen atoms in total. The average molecular weight is 530 g/mol. The fourth-order valence-corrected chi connectivity index (χ4v) is 5.98. The maximum atomic E-state index is 13.4. The number of nitrogens with zero attached hydrogens (tertiary/aromatic N) is 2. The van der Waals surface area contributed by atoms with Crippen LogP contribution < -0.4 is 15.0 Å². The molecule has 0 radical (unpaired) electrons. The van der Waals surface area contributed by atoms with Gasteiger partial charge in [-0.15, -0.1) is 11.3 Å². The molecule has 196 valence electrons. The largest absolute Gasteiger partial charge is 0.492 e. The molecule has 2 aliphatic rings. The molecule has 2 aliphatic heterocycles. The molecule has 0 spiro atoms. The first kappa shape index (κ1) is 25.6. The first-order valence-electron chi connectivity index (χ1n) is 12.6. The summed E-state index contributed by atoms with van der Waals surface area (Å²) < 4.78 is 46.2. The van der Waals surface area contributed by atoms with Crippen molar-refractivity contribution < 1.29 is 22.7 Å². The Balaban J connectivity index is 1.30. The predicted molar refractivity (Wildman–Crippen MR) is 139 cm³/mol. The lowest BCUT2D eigenvalue weighted by molar-refractivity contribution is -0.137. The molecule has 9 heteroatoms. The fourth-order valence-electron chi connectivity index (χ4n) is 5.27. The van der Waals surface area contributed by atoms with Gasteiger partial charge in [-0.3, -0.25) is 9.69 Å². The van der Waals surface area contributed by atoms with Gasteiger partial charge in [0.05, 0.1) is 17.5 Å². The van der Waals surface area contributed by atoms with Crippen molar-refractivity contribution in [2.24, 2.45) is 5.92 Å². The number of anilines is 1. The van der Waals surface area contributed by atoms with E-state index < -0.39 is 17.7 Å². The zero-order valence-electron chi connectivity index (χ0n) is 20.4. The summed E-state index contributed by atoms with van der Waals surface area (Å²) in [6, 6.07) is 17.5. The molecular formula is C28H30F3N3O2S. The summed E-state index contributed by atoms with van der Waals surface area (Å²) in [4.78, 5) is 19.0. The van der Waals surface area contributed by atoms with E-state index in [2.05, 4.69) is 15.1 Å². The third kappa shape index (κ3) is 6.10. The van der Waals surface area contributed by atoms with Crippen molar-refractivity contribution >= 4 is 22.9 Å². The van der Waals surface area contributed by atoms with Crippen LogP contribution in [0.5, 0.6) is 5.75 Å². The Bertz CT molecular complexity index is 1190. The number of thiophene rings is 1. The minimum Gasteiger partial charge on any atom is -0.492 e. The third-order valence-electron chi connectivity index (χ3n) is 7.13. The maximum Gasteiger partial charge on any atom is 0.416 e. The van der Waals surface area contributed by atoms with Crippen molar-refractivity contribution in [3.05, 3.63) is 82.0 Å². The standard InChI is InChI=1S/C28H30F3N3O2S/c29-28(30,31)21-8-9-25-20(17-21)18-24(27(35)32-11-10-23-7-4-16-37-23)26-19-33(12-13-34(25)26)14-15-36-22-5-2-1-3-6-22/h1-9,16-17,24,26H,10-15,18-19H2,(H,32,35). The number of ether oxygens (including phenoxy) is 1. The zero-order chi connectivity index (χ0) is 25.8. The van der Waals surface area contributed by atoms with E-state index in [1.54, 1.807) is 17.4 Å². The van der Waals surface area contributed by atoms with Gasteiger partial charge in [0.1, 0.15) is 12.4 Å². The van der Waals surface area contributed by atoms with E-state index >= 15 is 0 Å². The van der Waals surface area contributed by atoms with Crippen LogP contribution in [0.1, 0.15) is 16.0 Å². The number of piperazine rings is 1. The molecule has 3 heterocycles. The number of para-hydroxylation sites is 1. The highest BCUT2D eigenvalue weighted by Crippen LogP contribution is 2.39. The van der Waals surface area contributed by atoms with E-state index in [0.29, 0.717) is 44.8 Å². The van der Waals surface area contributed by atoms with E-state index in [-0.39, 0.29) is 11.9 Å². The van der Waals surface area contributed by atoms with Crippen LogP contribution >= 0.6 is 11.3 Å². The van der Waals surface area contributed by atoms with Crippen LogP contribution in [-0.2, 0) is 23.8 Å². The maximum absolute atomic E-state index is 13.4. The molecule has 2 atom stereocenters. The summed E-state index contributed by atoms with van der Waals surface area (Å²) in [6.45, 7) is 3.80. The molecule has 2 unspecified atom stereocenters. The number of halogens is 3. The molecular weight excluding hydrogens is 499 g/mol. The molecule has 1 saturated heterocycles. The number of carbonyl (C=O) groups is 1. The molecule has 1 amide bonds. The first-order valence-corrected chi connectivity index (χ1v) is 13.4. The van der Waals surface area contributed by atoms with Crippen molar-refractivity contribution in [1.29, 1.82) is 0 Å². The number of rotatable bonds is 8. The Morgan fingerprint density at radius 2 is 1.92 bits per heavy atom. The number of nitrogens with one attached hydrogen (secondary N) is 1. The Labute approximate surface area is 218 Å². The van der Waals surface area contributed by atoms with Gasteiger partial charge in [-0.2, -0.15) is 13.2 Å². The van der Waals surface area contributed by atoms with Crippen molar-refractivity contribution in [2.45, 2.75) is 25.1 Å². The van der Waals surface area contributed by atoms with Gasteiger partial charge < -0.3 is 15.0 Å². The highest BCUT2D eigenvalue weighted by molar-refractivity contribution is 7.09. The summed E-state index contributed by atoms with van der Waals surface area (Å²) >= 11 is 1.64. The van der Waals surface area contributed by atoms with Crippen LogP contribution in [0.2, 0.25) is 0 Å². The van der Waals surface area contributed by atoms with Gasteiger partial charge in [-0.25, -0.2) is 0 Å². The molecule has 37 heavy (non-hydrogen) atoms. The summed E-state index contributed by atoms with van der Waals surface area (Å²) in [5, 5.41) is 5.06. The number of amides is 1. The SMILES string of the molecule is O=C(NCCc1cccs1)C1Cc2cc(C(F)(F)F)ccc2N2CCN(CCOc3ccccc3)CC12. The van der Waals surface area contributed by atoms with Gasteiger partial charge in [-0.05, 0) is 60.2 Å². The summed E-state index contributed by atoms with van der Waals surface area (Å²) in [7, 11) is 0. The highest BCUT2D eigenvalue weighted by Gasteiger charge is 2.42. The summed E-state index contributed by atoms with van der Waals surface area (Å²) in [5.74, 6) is 0.283.